The van der Waals surface area contributed by atoms with Gasteiger partial charge in [0.05, 0.1) is 24.4 Å². The number of carboxylic acid groups (broad SMARTS) is 1. The molecule has 0 amide bonds. The summed E-state index contributed by atoms with van der Waals surface area (Å²) in [6.45, 7) is 4.52. The normalized spacial score (nSPS) is 10.7. The molecular formula is C10H12N4O2S. The monoisotopic (exact) mass is 252 g/mol. The van der Waals surface area contributed by atoms with Gasteiger partial charge in [-0.3, -0.25) is 4.79 Å². The van der Waals surface area contributed by atoms with Crippen LogP contribution in [0.15, 0.2) is 6.20 Å². The fraction of sp³-hybridized carbons (Fsp3) is 0.400. The van der Waals surface area contributed by atoms with Crippen molar-refractivity contribution in [3.63, 3.8) is 0 Å². The summed E-state index contributed by atoms with van der Waals surface area (Å²) < 4.78 is 1.61. The van der Waals surface area contributed by atoms with Gasteiger partial charge in [0.15, 0.2) is 0 Å². The molecule has 6 nitrogen and oxygen atoms in total. The molecule has 0 aliphatic carbocycles. The Kier molecular flexibility index (Phi) is 3.19. The van der Waals surface area contributed by atoms with Crippen molar-refractivity contribution in [3.8, 4) is 0 Å². The first-order valence-corrected chi connectivity index (χ1v) is 5.90. The van der Waals surface area contributed by atoms with Gasteiger partial charge in [-0.05, 0) is 13.8 Å². The first kappa shape index (κ1) is 11.7. The molecule has 0 spiro atoms. The number of rotatable bonds is 4. The first-order chi connectivity index (χ1) is 8.04. The molecule has 1 N–H and O–H groups in total. The van der Waals surface area contributed by atoms with Crippen LogP contribution in [0.5, 0.6) is 0 Å². The van der Waals surface area contributed by atoms with E-state index in [0.717, 1.165) is 10.7 Å². The lowest BCUT2D eigenvalue weighted by Gasteiger charge is -1.94. The number of aromatic nitrogens is 4. The molecule has 0 atom stereocenters. The summed E-state index contributed by atoms with van der Waals surface area (Å²) in [6.07, 6.45) is 1.54. The molecule has 0 radical (unpaired) electrons. The highest BCUT2D eigenvalue weighted by Gasteiger charge is 2.08. The first-order valence-electron chi connectivity index (χ1n) is 5.08. The van der Waals surface area contributed by atoms with Crippen LogP contribution in [0.4, 0.5) is 0 Å². The van der Waals surface area contributed by atoms with Gasteiger partial charge in [0, 0.05) is 11.1 Å². The van der Waals surface area contributed by atoms with Crippen molar-refractivity contribution in [2.24, 2.45) is 0 Å². The summed E-state index contributed by atoms with van der Waals surface area (Å²) >= 11 is 1.62. The van der Waals surface area contributed by atoms with Crippen molar-refractivity contribution < 1.29 is 9.90 Å². The Morgan fingerprint density at radius 1 is 1.53 bits per heavy atom. The average Bonchev–Trinajstić information content (AvgIpc) is 2.75. The molecule has 7 heteroatoms. The van der Waals surface area contributed by atoms with E-state index >= 15 is 0 Å². The Balaban J connectivity index is 2.08. The second-order valence-corrected chi connectivity index (χ2v) is 5.01. The molecule has 2 rings (SSSR count). The lowest BCUT2D eigenvalue weighted by Crippen LogP contribution is -2.00. The van der Waals surface area contributed by atoms with Crippen LogP contribution in [0.25, 0.3) is 0 Å². The van der Waals surface area contributed by atoms with E-state index in [9.17, 15) is 4.79 Å². The third-order valence-electron chi connectivity index (χ3n) is 2.29. The SMILES string of the molecule is Cc1nc(Cn2cc(CC(=O)O)nn2)sc1C. The smallest absolute Gasteiger partial charge is 0.309 e. The zero-order valence-corrected chi connectivity index (χ0v) is 10.4. The second-order valence-electron chi connectivity index (χ2n) is 3.73. The number of aliphatic carboxylic acids is 1. The highest BCUT2D eigenvalue weighted by atomic mass is 32.1. The van der Waals surface area contributed by atoms with E-state index in [2.05, 4.69) is 15.3 Å². The van der Waals surface area contributed by atoms with Gasteiger partial charge in [-0.15, -0.1) is 16.4 Å². The topological polar surface area (TPSA) is 80.9 Å². The molecule has 2 aromatic rings. The van der Waals surface area contributed by atoms with E-state index in [1.807, 2.05) is 13.8 Å². The van der Waals surface area contributed by atoms with Crippen molar-refractivity contribution >= 4 is 17.3 Å². The predicted molar refractivity (Wildman–Crippen MR) is 62.1 cm³/mol. The van der Waals surface area contributed by atoms with Crippen molar-refractivity contribution in [2.75, 3.05) is 0 Å². The fourth-order valence-electron chi connectivity index (χ4n) is 1.40. The fourth-order valence-corrected chi connectivity index (χ4v) is 2.32. The van der Waals surface area contributed by atoms with Crippen LogP contribution in [0, 0.1) is 13.8 Å². The maximum atomic E-state index is 10.5. The maximum Gasteiger partial charge on any atom is 0.309 e. The van der Waals surface area contributed by atoms with Gasteiger partial charge in [-0.2, -0.15) is 0 Å². The average molecular weight is 252 g/mol. The third-order valence-corrected chi connectivity index (χ3v) is 3.35. The van der Waals surface area contributed by atoms with Crippen molar-refractivity contribution in [3.05, 3.63) is 27.5 Å². The minimum Gasteiger partial charge on any atom is -0.481 e. The van der Waals surface area contributed by atoms with Crippen LogP contribution < -0.4 is 0 Å². The van der Waals surface area contributed by atoms with E-state index in [-0.39, 0.29) is 6.42 Å². The number of aryl methyl sites for hydroxylation is 2. The summed E-state index contributed by atoms with van der Waals surface area (Å²) in [5, 5.41) is 17.2. The summed E-state index contributed by atoms with van der Waals surface area (Å²) in [6, 6.07) is 0. The lowest BCUT2D eigenvalue weighted by molar-refractivity contribution is -0.136. The van der Waals surface area contributed by atoms with E-state index in [4.69, 9.17) is 5.11 Å². The van der Waals surface area contributed by atoms with Gasteiger partial charge in [0.1, 0.15) is 5.01 Å². The summed E-state index contributed by atoms with van der Waals surface area (Å²) in [5.74, 6) is -0.905. The van der Waals surface area contributed by atoms with Crippen LogP contribution in [-0.4, -0.2) is 31.1 Å². The molecule has 17 heavy (non-hydrogen) atoms. The van der Waals surface area contributed by atoms with Crippen LogP contribution in [0.3, 0.4) is 0 Å². The largest absolute Gasteiger partial charge is 0.481 e. The number of carboxylic acids is 1. The third kappa shape index (κ3) is 2.88. The molecule has 0 aromatic carbocycles. The Hall–Kier alpha value is -1.76. The molecule has 0 saturated heterocycles. The Bertz CT molecular complexity index is 527. The molecule has 90 valence electrons. The predicted octanol–water partition coefficient (Wildman–Crippen LogP) is 1.03. The number of hydrogen-bond acceptors (Lipinski definition) is 5. The number of nitrogens with zero attached hydrogens (tertiary/aromatic N) is 4. The maximum absolute atomic E-state index is 10.5. The molecule has 0 bridgehead atoms. The Labute approximate surface area is 102 Å². The number of thiazole rings is 1. The van der Waals surface area contributed by atoms with E-state index in [1.54, 1.807) is 22.2 Å². The van der Waals surface area contributed by atoms with Gasteiger partial charge >= 0.3 is 5.97 Å². The van der Waals surface area contributed by atoms with E-state index in [0.29, 0.717) is 12.2 Å². The number of carbonyl (C=O) groups is 1. The standard InChI is InChI=1S/C10H12N4O2S/c1-6-7(2)17-9(11-6)5-14-4-8(12-13-14)3-10(15)16/h4H,3,5H2,1-2H3,(H,15,16). The van der Waals surface area contributed by atoms with Crippen LogP contribution >= 0.6 is 11.3 Å². The summed E-state index contributed by atoms with van der Waals surface area (Å²) in [4.78, 5) is 16.1. The quantitative estimate of drug-likeness (QED) is 0.878. The highest BCUT2D eigenvalue weighted by Crippen LogP contribution is 2.17. The van der Waals surface area contributed by atoms with Crippen LogP contribution in [0.1, 0.15) is 21.3 Å². The molecule has 2 aromatic heterocycles. The molecule has 0 aliphatic heterocycles. The van der Waals surface area contributed by atoms with E-state index < -0.39 is 5.97 Å². The summed E-state index contributed by atoms with van der Waals surface area (Å²) in [5.41, 5.74) is 1.48. The minimum atomic E-state index is -0.905. The minimum absolute atomic E-state index is 0.101. The van der Waals surface area contributed by atoms with Gasteiger partial charge < -0.3 is 5.11 Å². The molecule has 2 heterocycles. The summed E-state index contributed by atoms with van der Waals surface area (Å²) in [7, 11) is 0. The lowest BCUT2D eigenvalue weighted by atomic mass is 10.3. The Morgan fingerprint density at radius 3 is 2.88 bits per heavy atom. The second kappa shape index (κ2) is 4.62. The van der Waals surface area contributed by atoms with Crippen LogP contribution in [-0.2, 0) is 17.8 Å². The van der Waals surface area contributed by atoms with Gasteiger partial charge in [-0.25, -0.2) is 9.67 Å². The van der Waals surface area contributed by atoms with Gasteiger partial charge in [-0.1, -0.05) is 5.21 Å². The van der Waals surface area contributed by atoms with E-state index in [1.165, 1.54) is 4.88 Å². The van der Waals surface area contributed by atoms with Crippen LogP contribution in [0.2, 0.25) is 0 Å². The van der Waals surface area contributed by atoms with Crippen molar-refractivity contribution in [1.29, 1.82) is 0 Å². The highest BCUT2D eigenvalue weighted by molar-refractivity contribution is 7.11. The van der Waals surface area contributed by atoms with Gasteiger partial charge in [0.25, 0.3) is 0 Å². The molecule has 0 saturated carbocycles. The molecule has 0 aliphatic rings. The van der Waals surface area contributed by atoms with Crippen molar-refractivity contribution in [2.45, 2.75) is 26.8 Å². The zero-order chi connectivity index (χ0) is 12.4. The van der Waals surface area contributed by atoms with Crippen molar-refractivity contribution in [1.82, 2.24) is 20.0 Å². The number of hydrogen-bond donors (Lipinski definition) is 1. The molecule has 0 unspecified atom stereocenters. The zero-order valence-electron chi connectivity index (χ0n) is 9.54. The Morgan fingerprint density at radius 2 is 2.29 bits per heavy atom. The molecular weight excluding hydrogens is 240 g/mol. The van der Waals surface area contributed by atoms with Gasteiger partial charge in [0.2, 0.25) is 0 Å². The molecule has 0 fully saturated rings.